The van der Waals surface area contributed by atoms with Gasteiger partial charge in [-0.25, -0.2) is 0 Å². The van der Waals surface area contributed by atoms with E-state index in [4.69, 9.17) is 0 Å². The second-order valence-electron chi connectivity index (χ2n) is 4.77. The predicted molar refractivity (Wildman–Crippen MR) is 71.9 cm³/mol. The fourth-order valence-corrected chi connectivity index (χ4v) is 1.74. The molecule has 0 saturated heterocycles. The summed E-state index contributed by atoms with van der Waals surface area (Å²) in [5.74, 6) is 0. The van der Waals surface area contributed by atoms with Gasteiger partial charge in [-0.3, -0.25) is 10.1 Å². The van der Waals surface area contributed by atoms with Gasteiger partial charge in [-0.2, -0.15) is 0 Å². The van der Waals surface area contributed by atoms with Crippen LogP contribution in [0.3, 0.4) is 0 Å². The van der Waals surface area contributed by atoms with E-state index in [-0.39, 0.29) is 11.8 Å². The maximum absolute atomic E-state index is 10.7. The molecule has 1 aromatic carbocycles. The van der Waals surface area contributed by atoms with E-state index in [0.717, 1.165) is 0 Å². The van der Waals surface area contributed by atoms with Gasteiger partial charge in [0.1, 0.15) is 0 Å². The monoisotopic (exact) mass is 268 g/mol. The summed E-state index contributed by atoms with van der Waals surface area (Å²) >= 11 is 0. The number of aliphatic hydroxyl groups excluding tert-OH is 2. The van der Waals surface area contributed by atoms with Gasteiger partial charge < -0.3 is 15.1 Å². The van der Waals surface area contributed by atoms with Crippen LogP contribution in [0.5, 0.6) is 0 Å². The van der Waals surface area contributed by atoms with E-state index in [1.165, 1.54) is 12.1 Å². The first-order chi connectivity index (χ1) is 8.90. The normalized spacial score (nSPS) is 14.4. The number of hydrogen-bond donors (Lipinski definition) is 2. The Morgan fingerprint density at radius 2 is 2.11 bits per heavy atom. The minimum absolute atomic E-state index is 0.0248. The zero-order valence-corrected chi connectivity index (χ0v) is 11.2. The Kier molecular flexibility index (Phi) is 5.88. The summed E-state index contributed by atoms with van der Waals surface area (Å²) in [6.45, 7) is 2.74. The number of nitro groups is 1. The van der Waals surface area contributed by atoms with Crippen LogP contribution in [0.2, 0.25) is 0 Å². The van der Waals surface area contributed by atoms with E-state index in [1.807, 2.05) is 11.9 Å². The van der Waals surface area contributed by atoms with Gasteiger partial charge in [0.05, 0.1) is 17.1 Å². The van der Waals surface area contributed by atoms with Gasteiger partial charge in [-0.05, 0) is 26.0 Å². The van der Waals surface area contributed by atoms with Crippen LogP contribution in [0.1, 0.15) is 25.0 Å². The summed E-state index contributed by atoms with van der Waals surface area (Å²) in [4.78, 5) is 12.1. The fourth-order valence-electron chi connectivity index (χ4n) is 1.74. The molecule has 1 rings (SSSR count). The summed E-state index contributed by atoms with van der Waals surface area (Å²) in [5.41, 5.74) is 0.501. The molecule has 1 aromatic rings. The van der Waals surface area contributed by atoms with E-state index >= 15 is 0 Å². The van der Waals surface area contributed by atoms with Crippen LogP contribution in [-0.4, -0.2) is 46.3 Å². The number of non-ortho nitro benzene ring substituents is 1. The predicted octanol–water partition coefficient (Wildman–Crippen LogP) is 1.33. The van der Waals surface area contributed by atoms with E-state index in [1.54, 1.807) is 19.1 Å². The molecule has 0 heterocycles. The van der Waals surface area contributed by atoms with E-state index < -0.39 is 11.0 Å². The summed E-state index contributed by atoms with van der Waals surface area (Å²) < 4.78 is 0. The van der Waals surface area contributed by atoms with Crippen LogP contribution < -0.4 is 0 Å². The van der Waals surface area contributed by atoms with Crippen LogP contribution in [0, 0.1) is 10.1 Å². The van der Waals surface area contributed by atoms with Gasteiger partial charge in [0.15, 0.2) is 0 Å². The Labute approximate surface area is 112 Å². The average Bonchev–Trinajstić information content (AvgIpc) is 2.36. The highest BCUT2D eigenvalue weighted by atomic mass is 16.6. The summed E-state index contributed by atoms with van der Waals surface area (Å²) in [6.07, 6.45) is -0.533. The number of benzene rings is 1. The first kappa shape index (κ1) is 15.6. The third-order valence-electron chi connectivity index (χ3n) is 2.88. The SMILES string of the molecule is CC(O)CCN(C)CC(O)c1cccc([N+](=O)[O-])c1. The Hall–Kier alpha value is -1.50. The van der Waals surface area contributed by atoms with Crippen molar-refractivity contribution in [2.45, 2.75) is 25.6 Å². The van der Waals surface area contributed by atoms with Gasteiger partial charge in [-0.15, -0.1) is 0 Å². The molecule has 0 aliphatic rings. The molecular formula is C13H20N2O4. The third kappa shape index (κ3) is 5.34. The molecule has 0 bridgehead atoms. The van der Waals surface area contributed by atoms with Gasteiger partial charge in [-0.1, -0.05) is 12.1 Å². The molecule has 2 unspecified atom stereocenters. The number of aliphatic hydroxyl groups is 2. The molecule has 0 saturated carbocycles. The highest BCUT2D eigenvalue weighted by Crippen LogP contribution is 2.19. The van der Waals surface area contributed by atoms with Crippen molar-refractivity contribution in [3.05, 3.63) is 39.9 Å². The molecule has 0 aromatic heterocycles. The van der Waals surface area contributed by atoms with Crippen molar-refractivity contribution < 1.29 is 15.1 Å². The molecule has 19 heavy (non-hydrogen) atoms. The van der Waals surface area contributed by atoms with Crippen LogP contribution in [0.15, 0.2) is 24.3 Å². The van der Waals surface area contributed by atoms with Gasteiger partial charge in [0.25, 0.3) is 5.69 Å². The van der Waals surface area contributed by atoms with E-state index in [2.05, 4.69) is 0 Å². The molecule has 0 spiro atoms. The fraction of sp³-hybridized carbons (Fsp3) is 0.538. The van der Waals surface area contributed by atoms with Crippen LogP contribution >= 0.6 is 0 Å². The molecular weight excluding hydrogens is 248 g/mol. The molecule has 0 radical (unpaired) electrons. The number of rotatable bonds is 7. The largest absolute Gasteiger partial charge is 0.393 e. The topological polar surface area (TPSA) is 86.8 Å². The average molecular weight is 268 g/mol. The van der Waals surface area contributed by atoms with Gasteiger partial charge in [0, 0.05) is 25.2 Å². The lowest BCUT2D eigenvalue weighted by molar-refractivity contribution is -0.385. The van der Waals surface area contributed by atoms with Crippen molar-refractivity contribution in [1.82, 2.24) is 4.90 Å². The molecule has 106 valence electrons. The maximum atomic E-state index is 10.7. The molecule has 0 amide bonds. The Bertz CT molecular complexity index is 423. The molecule has 6 nitrogen and oxygen atoms in total. The summed E-state index contributed by atoms with van der Waals surface area (Å²) in [5, 5.41) is 29.9. The van der Waals surface area contributed by atoms with Gasteiger partial charge >= 0.3 is 0 Å². The van der Waals surface area contributed by atoms with E-state index in [9.17, 15) is 20.3 Å². The molecule has 6 heteroatoms. The summed E-state index contributed by atoms with van der Waals surface area (Å²) in [7, 11) is 1.84. The molecule has 2 N–H and O–H groups in total. The first-order valence-electron chi connectivity index (χ1n) is 6.19. The van der Waals surface area contributed by atoms with E-state index in [0.29, 0.717) is 25.1 Å². The Morgan fingerprint density at radius 1 is 1.42 bits per heavy atom. The highest BCUT2D eigenvalue weighted by Gasteiger charge is 2.14. The Balaban J connectivity index is 2.59. The number of nitrogens with zero attached hydrogens (tertiary/aromatic N) is 2. The first-order valence-corrected chi connectivity index (χ1v) is 6.19. The lowest BCUT2D eigenvalue weighted by Crippen LogP contribution is -2.27. The summed E-state index contributed by atoms with van der Waals surface area (Å²) in [6, 6.07) is 6.01. The number of nitro benzene ring substituents is 1. The standard InChI is InChI=1S/C13H20N2O4/c1-10(16)6-7-14(2)9-13(17)11-4-3-5-12(8-11)15(18)19/h3-5,8,10,13,16-17H,6-7,9H2,1-2H3. The van der Waals surface area contributed by atoms with Crippen molar-refractivity contribution >= 4 is 5.69 Å². The number of hydrogen-bond acceptors (Lipinski definition) is 5. The van der Waals surface area contributed by atoms with Gasteiger partial charge in [0.2, 0.25) is 0 Å². The minimum atomic E-state index is -0.779. The lowest BCUT2D eigenvalue weighted by Gasteiger charge is -2.21. The Morgan fingerprint density at radius 3 is 2.68 bits per heavy atom. The molecule has 0 fully saturated rings. The zero-order valence-electron chi connectivity index (χ0n) is 11.2. The van der Waals surface area contributed by atoms with Crippen molar-refractivity contribution in [2.24, 2.45) is 0 Å². The molecule has 0 aliphatic heterocycles. The zero-order chi connectivity index (χ0) is 14.4. The molecule has 2 atom stereocenters. The van der Waals surface area contributed by atoms with Crippen molar-refractivity contribution in [1.29, 1.82) is 0 Å². The van der Waals surface area contributed by atoms with Crippen molar-refractivity contribution in [3.8, 4) is 0 Å². The highest BCUT2D eigenvalue weighted by molar-refractivity contribution is 5.35. The number of likely N-dealkylation sites (N-methyl/N-ethyl adjacent to an activating group) is 1. The quantitative estimate of drug-likeness (QED) is 0.575. The second kappa shape index (κ2) is 7.18. The van der Waals surface area contributed by atoms with Crippen molar-refractivity contribution in [3.63, 3.8) is 0 Å². The van der Waals surface area contributed by atoms with Crippen molar-refractivity contribution in [2.75, 3.05) is 20.1 Å². The van der Waals surface area contributed by atoms with Crippen LogP contribution in [0.25, 0.3) is 0 Å². The lowest BCUT2D eigenvalue weighted by atomic mass is 10.1. The smallest absolute Gasteiger partial charge is 0.269 e. The van der Waals surface area contributed by atoms with Crippen LogP contribution in [-0.2, 0) is 0 Å². The van der Waals surface area contributed by atoms with Crippen LogP contribution in [0.4, 0.5) is 5.69 Å². The maximum Gasteiger partial charge on any atom is 0.269 e. The molecule has 0 aliphatic carbocycles. The third-order valence-corrected chi connectivity index (χ3v) is 2.88. The minimum Gasteiger partial charge on any atom is -0.393 e. The second-order valence-corrected chi connectivity index (χ2v) is 4.77.